The molecule has 0 unspecified atom stereocenters. The number of rotatable bonds is 7. The van der Waals surface area contributed by atoms with E-state index in [0.29, 0.717) is 19.6 Å². The minimum atomic E-state index is -0.747. The van der Waals surface area contributed by atoms with Gasteiger partial charge >= 0.3 is 6.16 Å². The van der Waals surface area contributed by atoms with Crippen molar-refractivity contribution in [3.05, 3.63) is 35.9 Å². The summed E-state index contributed by atoms with van der Waals surface area (Å²) in [6.07, 6.45) is -0.118. The van der Waals surface area contributed by atoms with E-state index < -0.39 is 6.16 Å². The summed E-state index contributed by atoms with van der Waals surface area (Å²) in [5.74, 6) is 0. The highest BCUT2D eigenvalue weighted by atomic mass is 35.5. The Balaban J connectivity index is 1.96. The average molecular weight is 259 g/mol. The van der Waals surface area contributed by atoms with Gasteiger partial charge in [0.2, 0.25) is 0 Å². The summed E-state index contributed by atoms with van der Waals surface area (Å²) in [5.41, 5.74) is 1.12. The predicted octanol–water partition coefficient (Wildman–Crippen LogP) is 2.94. The zero-order valence-corrected chi connectivity index (χ0v) is 10.2. The van der Waals surface area contributed by atoms with Gasteiger partial charge in [0, 0.05) is 6.42 Å². The van der Waals surface area contributed by atoms with Crippen LogP contribution in [-0.2, 0) is 20.8 Å². The van der Waals surface area contributed by atoms with E-state index in [9.17, 15) is 4.79 Å². The fraction of sp³-hybridized carbons (Fsp3) is 0.417. The molecule has 1 aromatic rings. The van der Waals surface area contributed by atoms with Gasteiger partial charge in [-0.25, -0.2) is 4.79 Å². The Morgan fingerprint density at radius 2 is 1.88 bits per heavy atom. The SMILES string of the molecule is O=C(OCCl)OCCCOCc1ccccc1. The first-order valence-corrected chi connectivity index (χ1v) is 5.83. The first-order valence-electron chi connectivity index (χ1n) is 5.30. The fourth-order valence-corrected chi connectivity index (χ4v) is 1.26. The Kier molecular flexibility index (Phi) is 7.18. The van der Waals surface area contributed by atoms with E-state index in [4.69, 9.17) is 21.1 Å². The molecule has 0 saturated carbocycles. The molecule has 0 saturated heterocycles. The Hall–Kier alpha value is -1.26. The molecule has 0 N–H and O–H groups in total. The van der Waals surface area contributed by atoms with Crippen LogP contribution in [0, 0.1) is 0 Å². The van der Waals surface area contributed by atoms with Crippen LogP contribution in [0.3, 0.4) is 0 Å². The third-order valence-corrected chi connectivity index (χ3v) is 2.05. The van der Waals surface area contributed by atoms with Crippen molar-refractivity contribution in [2.24, 2.45) is 0 Å². The number of alkyl halides is 1. The molecule has 0 bridgehead atoms. The summed E-state index contributed by atoms with van der Waals surface area (Å²) in [5, 5.41) is 0. The van der Waals surface area contributed by atoms with E-state index in [1.54, 1.807) is 0 Å². The van der Waals surface area contributed by atoms with Gasteiger partial charge in [0.1, 0.15) is 0 Å². The van der Waals surface area contributed by atoms with Crippen molar-refractivity contribution in [3.63, 3.8) is 0 Å². The topological polar surface area (TPSA) is 44.8 Å². The van der Waals surface area contributed by atoms with Gasteiger partial charge in [-0.05, 0) is 5.56 Å². The van der Waals surface area contributed by atoms with Crippen LogP contribution >= 0.6 is 11.6 Å². The molecule has 0 aliphatic rings. The highest BCUT2D eigenvalue weighted by Gasteiger charge is 2.01. The molecule has 0 atom stereocenters. The fourth-order valence-electron chi connectivity index (χ4n) is 1.17. The molecular formula is C12H15ClO4. The maximum Gasteiger partial charge on any atom is 0.509 e. The highest BCUT2D eigenvalue weighted by Crippen LogP contribution is 2.00. The normalized spacial score (nSPS) is 9.94. The number of hydrogen-bond donors (Lipinski definition) is 0. The average Bonchev–Trinajstić information content (AvgIpc) is 2.35. The molecule has 0 amide bonds. The summed E-state index contributed by atoms with van der Waals surface area (Å²) in [4.78, 5) is 10.7. The Morgan fingerprint density at radius 3 is 2.59 bits per heavy atom. The van der Waals surface area contributed by atoms with Gasteiger partial charge in [0.15, 0.2) is 6.07 Å². The molecule has 94 valence electrons. The standard InChI is InChI=1S/C12H15ClO4/c13-10-17-12(14)16-8-4-7-15-9-11-5-2-1-3-6-11/h1-3,5-6H,4,7-10H2. The van der Waals surface area contributed by atoms with E-state index >= 15 is 0 Å². The number of benzene rings is 1. The van der Waals surface area contributed by atoms with Crippen LogP contribution in [0.5, 0.6) is 0 Å². The molecule has 1 aromatic carbocycles. The Labute approximate surface area is 105 Å². The lowest BCUT2D eigenvalue weighted by molar-refractivity contribution is 0.0528. The van der Waals surface area contributed by atoms with Crippen LogP contribution in [0.4, 0.5) is 4.79 Å². The van der Waals surface area contributed by atoms with Crippen LogP contribution in [0.15, 0.2) is 30.3 Å². The molecular weight excluding hydrogens is 244 g/mol. The maximum atomic E-state index is 10.7. The maximum absolute atomic E-state index is 10.7. The molecule has 0 aromatic heterocycles. The second kappa shape index (κ2) is 8.84. The number of carbonyl (C=O) groups excluding carboxylic acids is 1. The van der Waals surface area contributed by atoms with Crippen molar-refractivity contribution in [1.29, 1.82) is 0 Å². The van der Waals surface area contributed by atoms with Crippen LogP contribution in [0.25, 0.3) is 0 Å². The molecule has 0 heterocycles. The molecule has 0 spiro atoms. The molecule has 1 rings (SSSR count). The lowest BCUT2D eigenvalue weighted by Gasteiger charge is -2.05. The summed E-state index contributed by atoms with van der Waals surface area (Å²) < 4.78 is 14.5. The van der Waals surface area contributed by atoms with Crippen LogP contribution in [-0.4, -0.2) is 25.4 Å². The predicted molar refractivity (Wildman–Crippen MR) is 63.9 cm³/mol. The summed E-state index contributed by atoms with van der Waals surface area (Å²) >= 11 is 5.18. The minimum Gasteiger partial charge on any atom is -0.434 e. The highest BCUT2D eigenvalue weighted by molar-refractivity contribution is 6.17. The van der Waals surface area contributed by atoms with Gasteiger partial charge in [0.05, 0.1) is 19.8 Å². The largest absolute Gasteiger partial charge is 0.509 e. The zero-order valence-electron chi connectivity index (χ0n) is 9.43. The second-order valence-corrected chi connectivity index (χ2v) is 3.46. The first-order chi connectivity index (χ1) is 8.33. The van der Waals surface area contributed by atoms with E-state index in [1.807, 2.05) is 30.3 Å². The van der Waals surface area contributed by atoms with Crippen molar-refractivity contribution < 1.29 is 19.0 Å². The monoisotopic (exact) mass is 258 g/mol. The summed E-state index contributed by atoms with van der Waals surface area (Å²) in [6.45, 7) is 1.36. The number of hydrogen-bond acceptors (Lipinski definition) is 4. The molecule has 0 radical (unpaired) electrons. The van der Waals surface area contributed by atoms with Crippen LogP contribution in [0.2, 0.25) is 0 Å². The molecule has 17 heavy (non-hydrogen) atoms. The van der Waals surface area contributed by atoms with Gasteiger partial charge in [-0.1, -0.05) is 41.9 Å². The van der Waals surface area contributed by atoms with Gasteiger partial charge in [-0.15, -0.1) is 0 Å². The molecule has 4 nitrogen and oxygen atoms in total. The summed E-state index contributed by atoms with van der Waals surface area (Å²) in [6, 6.07) is 9.68. The number of halogens is 1. The molecule has 5 heteroatoms. The molecule has 0 aliphatic carbocycles. The van der Waals surface area contributed by atoms with Crippen LogP contribution < -0.4 is 0 Å². The van der Waals surface area contributed by atoms with Gasteiger partial charge in [0.25, 0.3) is 0 Å². The second-order valence-electron chi connectivity index (χ2n) is 3.24. The van der Waals surface area contributed by atoms with E-state index in [1.165, 1.54) is 0 Å². The van der Waals surface area contributed by atoms with E-state index in [-0.39, 0.29) is 12.7 Å². The van der Waals surface area contributed by atoms with E-state index in [0.717, 1.165) is 5.56 Å². The van der Waals surface area contributed by atoms with Gasteiger partial charge in [-0.3, -0.25) is 0 Å². The smallest absolute Gasteiger partial charge is 0.434 e. The first kappa shape index (κ1) is 13.8. The van der Waals surface area contributed by atoms with Crippen molar-refractivity contribution >= 4 is 17.8 Å². The zero-order chi connectivity index (χ0) is 12.3. The lowest BCUT2D eigenvalue weighted by Crippen LogP contribution is -2.09. The summed E-state index contributed by atoms with van der Waals surface area (Å²) in [7, 11) is 0. The van der Waals surface area contributed by atoms with Crippen molar-refractivity contribution in [1.82, 2.24) is 0 Å². The van der Waals surface area contributed by atoms with Gasteiger partial charge in [-0.2, -0.15) is 0 Å². The van der Waals surface area contributed by atoms with Gasteiger partial charge < -0.3 is 14.2 Å². The van der Waals surface area contributed by atoms with Crippen LogP contribution in [0.1, 0.15) is 12.0 Å². The quantitative estimate of drug-likeness (QED) is 0.429. The number of carbonyl (C=O) groups is 1. The van der Waals surface area contributed by atoms with Crippen molar-refractivity contribution in [2.45, 2.75) is 13.0 Å². The van der Waals surface area contributed by atoms with Crippen molar-refractivity contribution in [2.75, 3.05) is 19.3 Å². The number of ether oxygens (including phenoxy) is 3. The lowest BCUT2D eigenvalue weighted by atomic mass is 10.2. The minimum absolute atomic E-state index is 0.191. The Morgan fingerprint density at radius 1 is 1.12 bits per heavy atom. The molecule has 0 fully saturated rings. The Bertz CT molecular complexity index is 316. The van der Waals surface area contributed by atoms with E-state index in [2.05, 4.69) is 4.74 Å². The van der Waals surface area contributed by atoms with Crippen molar-refractivity contribution in [3.8, 4) is 0 Å². The third kappa shape index (κ3) is 6.81. The third-order valence-electron chi connectivity index (χ3n) is 1.94. The molecule has 0 aliphatic heterocycles.